The van der Waals surface area contributed by atoms with Gasteiger partial charge in [-0.05, 0) is 38.8 Å². The average Bonchev–Trinajstić information content (AvgIpc) is 2.56. The van der Waals surface area contributed by atoms with Crippen LogP contribution in [0.25, 0.3) is 11.0 Å². The van der Waals surface area contributed by atoms with Crippen molar-refractivity contribution in [3.05, 3.63) is 40.8 Å². The summed E-state index contributed by atoms with van der Waals surface area (Å²) in [4.78, 5) is 12.3. The molecule has 1 aromatic carbocycles. The van der Waals surface area contributed by atoms with Crippen LogP contribution >= 0.6 is 0 Å². The molecule has 0 amide bonds. The monoisotopic (exact) mass is 332 g/mol. The molecule has 0 bridgehead atoms. The van der Waals surface area contributed by atoms with Gasteiger partial charge < -0.3 is 18.6 Å². The molecule has 5 heteroatoms. The van der Waals surface area contributed by atoms with Gasteiger partial charge in [0.25, 0.3) is 0 Å². The van der Waals surface area contributed by atoms with E-state index in [0.717, 1.165) is 12.8 Å². The van der Waals surface area contributed by atoms with Crippen molar-refractivity contribution in [3.8, 4) is 17.2 Å². The summed E-state index contributed by atoms with van der Waals surface area (Å²) in [5, 5.41) is 0.686. The lowest BCUT2D eigenvalue weighted by Crippen LogP contribution is -2.15. The predicted octanol–water partition coefficient (Wildman–Crippen LogP) is 4.32. The first-order chi connectivity index (χ1) is 11.6. The molecule has 130 valence electrons. The minimum Gasteiger partial charge on any atom is -0.497 e. The summed E-state index contributed by atoms with van der Waals surface area (Å²) in [5.74, 6) is 1.14. The average molecular weight is 332 g/mol. The second-order valence-electron chi connectivity index (χ2n) is 5.59. The first-order valence-electron chi connectivity index (χ1n) is 8.16. The predicted molar refractivity (Wildman–Crippen MR) is 94.3 cm³/mol. The van der Waals surface area contributed by atoms with E-state index in [1.54, 1.807) is 19.2 Å². The standard InChI is InChI=1S/C19H24O5/c1-5-6-7-8-11-22-17-15-10-9-14(21-4)12-16(15)24-19(20)18(17)23-13(2)3/h6-7,9-10,12-13H,5,8,11H2,1-4H3/b7-6+. The van der Waals surface area contributed by atoms with Gasteiger partial charge in [-0.3, -0.25) is 0 Å². The topological polar surface area (TPSA) is 57.9 Å². The highest BCUT2D eigenvalue weighted by Crippen LogP contribution is 2.35. The number of hydrogen-bond acceptors (Lipinski definition) is 5. The summed E-state index contributed by atoms with van der Waals surface area (Å²) in [5.41, 5.74) is -0.141. The third kappa shape index (κ3) is 4.31. The molecule has 0 unspecified atom stereocenters. The molecule has 1 aromatic heterocycles. The molecule has 0 spiro atoms. The number of fused-ring (bicyclic) bond motifs is 1. The Balaban J connectivity index is 2.44. The summed E-state index contributed by atoms with van der Waals surface area (Å²) in [6.45, 7) is 6.24. The Labute approximate surface area is 141 Å². The third-order valence-corrected chi connectivity index (χ3v) is 3.31. The van der Waals surface area contributed by atoms with Gasteiger partial charge in [0.1, 0.15) is 11.3 Å². The van der Waals surface area contributed by atoms with Crippen LogP contribution in [0.2, 0.25) is 0 Å². The first-order valence-corrected chi connectivity index (χ1v) is 8.16. The lowest BCUT2D eigenvalue weighted by Gasteiger charge is -2.15. The van der Waals surface area contributed by atoms with Crippen molar-refractivity contribution in [1.29, 1.82) is 0 Å². The van der Waals surface area contributed by atoms with Crippen LogP contribution in [0.4, 0.5) is 0 Å². The molecule has 1 heterocycles. The van der Waals surface area contributed by atoms with Gasteiger partial charge in [0.15, 0.2) is 5.75 Å². The van der Waals surface area contributed by atoms with Gasteiger partial charge in [0.05, 0.1) is 25.2 Å². The molecule has 2 rings (SSSR count). The molecule has 0 fully saturated rings. The zero-order chi connectivity index (χ0) is 17.5. The van der Waals surface area contributed by atoms with E-state index in [1.807, 2.05) is 19.9 Å². The van der Waals surface area contributed by atoms with Crippen LogP contribution < -0.4 is 19.8 Å². The van der Waals surface area contributed by atoms with Crippen LogP contribution in [0.5, 0.6) is 17.2 Å². The zero-order valence-electron chi connectivity index (χ0n) is 14.6. The summed E-state index contributed by atoms with van der Waals surface area (Å²) < 4.78 is 22.1. The van der Waals surface area contributed by atoms with Gasteiger partial charge in [-0.15, -0.1) is 0 Å². The van der Waals surface area contributed by atoms with Crippen LogP contribution in [0.3, 0.4) is 0 Å². The molecule has 0 saturated carbocycles. The SMILES string of the molecule is CC/C=C/CCOc1c(OC(C)C)c(=O)oc2cc(OC)ccc12. The summed E-state index contributed by atoms with van der Waals surface area (Å²) >= 11 is 0. The van der Waals surface area contributed by atoms with Crippen LogP contribution in [-0.2, 0) is 0 Å². The van der Waals surface area contributed by atoms with Crippen molar-refractivity contribution >= 4 is 11.0 Å². The lowest BCUT2D eigenvalue weighted by molar-refractivity contribution is 0.213. The number of ether oxygens (including phenoxy) is 3. The van der Waals surface area contributed by atoms with Gasteiger partial charge in [0.2, 0.25) is 5.75 Å². The Bertz CT molecular complexity index is 758. The Kier molecular flexibility index (Phi) is 6.29. The van der Waals surface area contributed by atoms with E-state index in [-0.39, 0.29) is 11.9 Å². The molecule has 0 aliphatic carbocycles. The quantitative estimate of drug-likeness (QED) is 0.409. The fourth-order valence-corrected chi connectivity index (χ4v) is 2.26. The molecule has 0 aliphatic heterocycles. The van der Waals surface area contributed by atoms with Crippen molar-refractivity contribution in [2.45, 2.75) is 39.7 Å². The molecule has 0 radical (unpaired) electrons. The van der Waals surface area contributed by atoms with E-state index in [9.17, 15) is 4.79 Å². The third-order valence-electron chi connectivity index (χ3n) is 3.31. The number of benzene rings is 1. The van der Waals surface area contributed by atoms with E-state index >= 15 is 0 Å². The van der Waals surface area contributed by atoms with Crippen molar-refractivity contribution in [2.24, 2.45) is 0 Å². The Morgan fingerprint density at radius 3 is 2.67 bits per heavy atom. The number of allylic oxidation sites excluding steroid dienone is 1. The van der Waals surface area contributed by atoms with Crippen LogP contribution in [0.1, 0.15) is 33.6 Å². The summed E-state index contributed by atoms with van der Waals surface area (Å²) in [6, 6.07) is 5.27. The number of methoxy groups -OCH3 is 1. The molecule has 0 aliphatic rings. The highest BCUT2D eigenvalue weighted by Gasteiger charge is 2.19. The molecule has 0 atom stereocenters. The smallest absolute Gasteiger partial charge is 0.383 e. The van der Waals surface area contributed by atoms with Gasteiger partial charge in [-0.2, -0.15) is 0 Å². The molecule has 24 heavy (non-hydrogen) atoms. The van der Waals surface area contributed by atoms with Crippen LogP contribution in [-0.4, -0.2) is 19.8 Å². The Hall–Kier alpha value is -2.43. The van der Waals surface area contributed by atoms with E-state index in [4.69, 9.17) is 18.6 Å². The number of hydrogen-bond donors (Lipinski definition) is 0. The van der Waals surface area contributed by atoms with Crippen molar-refractivity contribution in [2.75, 3.05) is 13.7 Å². The second-order valence-corrected chi connectivity index (χ2v) is 5.59. The molecule has 0 N–H and O–H groups in total. The van der Waals surface area contributed by atoms with Gasteiger partial charge >= 0.3 is 5.63 Å². The van der Waals surface area contributed by atoms with E-state index in [2.05, 4.69) is 19.1 Å². The number of rotatable bonds is 8. The molecule has 5 nitrogen and oxygen atoms in total. The minimum atomic E-state index is -0.552. The van der Waals surface area contributed by atoms with Gasteiger partial charge in [-0.25, -0.2) is 4.79 Å². The van der Waals surface area contributed by atoms with Crippen molar-refractivity contribution < 1.29 is 18.6 Å². The lowest BCUT2D eigenvalue weighted by atomic mass is 10.2. The fraction of sp³-hybridized carbons (Fsp3) is 0.421. The maximum Gasteiger partial charge on any atom is 0.383 e. The summed E-state index contributed by atoms with van der Waals surface area (Å²) in [7, 11) is 1.56. The van der Waals surface area contributed by atoms with Gasteiger partial charge in [-0.1, -0.05) is 19.1 Å². The van der Waals surface area contributed by atoms with Crippen molar-refractivity contribution in [3.63, 3.8) is 0 Å². The summed E-state index contributed by atoms with van der Waals surface area (Å²) in [6.07, 6.45) is 5.72. The molecule has 0 saturated heterocycles. The van der Waals surface area contributed by atoms with Crippen LogP contribution in [0.15, 0.2) is 39.6 Å². The highest BCUT2D eigenvalue weighted by atomic mass is 16.5. The Morgan fingerprint density at radius 2 is 2.00 bits per heavy atom. The van der Waals surface area contributed by atoms with E-state index in [1.165, 1.54) is 0 Å². The van der Waals surface area contributed by atoms with Crippen LogP contribution in [0, 0.1) is 0 Å². The Morgan fingerprint density at radius 1 is 1.21 bits per heavy atom. The maximum absolute atomic E-state index is 12.3. The van der Waals surface area contributed by atoms with Crippen molar-refractivity contribution in [1.82, 2.24) is 0 Å². The highest BCUT2D eigenvalue weighted by molar-refractivity contribution is 5.86. The molecule has 2 aromatic rings. The van der Waals surface area contributed by atoms with E-state index < -0.39 is 5.63 Å². The normalized spacial score (nSPS) is 11.4. The second kappa shape index (κ2) is 8.43. The zero-order valence-corrected chi connectivity index (χ0v) is 14.6. The maximum atomic E-state index is 12.3. The van der Waals surface area contributed by atoms with E-state index in [0.29, 0.717) is 29.1 Å². The fourth-order valence-electron chi connectivity index (χ4n) is 2.26. The largest absolute Gasteiger partial charge is 0.497 e. The molecular formula is C19H24O5. The molecular weight excluding hydrogens is 308 g/mol. The minimum absolute atomic E-state index is 0.113. The first kappa shape index (κ1) is 17.9. The van der Waals surface area contributed by atoms with Gasteiger partial charge in [0, 0.05) is 6.07 Å².